The van der Waals surface area contributed by atoms with E-state index in [2.05, 4.69) is 55.7 Å². The number of anilines is 1. The summed E-state index contributed by atoms with van der Waals surface area (Å²) in [7, 11) is -4.24. The maximum Gasteiger partial charge on any atom is 0.264 e. The molecule has 0 aliphatic heterocycles. The van der Waals surface area contributed by atoms with E-state index >= 15 is 0 Å². The van der Waals surface area contributed by atoms with Gasteiger partial charge in [-0.15, -0.1) is 0 Å². The van der Waals surface area contributed by atoms with E-state index in [1.807, 2.05) is 67.6 Å². The summed E-state index contributed by atoms with van der Waals surface area (Å²) < 4.78 is 41.3. The van der Waals surface area contributed by atoms with E-state index in [4.69, 9.17) is 9.16 Å². The maximum atomic E-state index is 13.8. The molecule has 0 saturated carbocycles. The second-order valence-electron chi connectivity index (χ2n) is 11.5. The molecule has 0 amide bonds. The molecule has 0 spiro atoms. The van der Waals surface area contributed by atoms with Crippen LogP contribution in [-0.4, -0.2) is 30.4 Å². The topological polar surface area (TPSA) is 55.8 Å². The van der Waals surface area contributed by atoms with E-state index in [9.17, 15) is 8.42 Å². The van der Waals surface area contributed by atoms with E-state index in [1.165, 1.54) is 4.31 Å². The number of ether oxygens (including phenoxy) is 1. The van der Waals surface area contributed by atoms with Crippen molar-refractivity contribution >= 4 is 24.0 Å². The average molecular weight is 612 g/mol. The third-order valence-corrected chi connectivity index (χ3v) is 9.71. The van der Waals surface area contributed by atoms with Crippen molar-refractivity contribution < 1.29 is 17.6 Å². The minimum Gasteiger partial charge on any atom is -0.497 e. The van der Waals surface area contributed by atoms with E-state index in [0.717, 1.165) is 23.1 Å². The Hall–Kier alpha value is -3.83. The quantitative estimate of drug-likeness (QED) is 0.0921. The highest BCUT2D eigenvalue weighted by Gasteiger charge is 2.38. The van der Waals surface area contributed by atoms with E-state index in [-0.39, 0.29) is 4.90 Å². The molecule has 0 radical (unpaired) electrons. The highest BCUT2D eigenvalue weighted by atomic mass is 32.2. The Balaban J connectivity index is 1.58. The zero-order chi connectivity index (χ0) is 30.9. The van der Waals surface area contributed by atoms with Crippen LogP contribution in [0.15, 0.2) is 114 Å². The van der Waals surface area contributed by atoms with Gasteiger partial charge < -0.3 is 9.16 Å². The molecule has 0 fully saturated rings. The first-order valence-corrected chi connectivity index (χ1v) is 19.4. The fraction of sp³-hybridized carbons (Fsp3) is 0.278. The predicted octanol–water partition coefficient (Wildman–Crippen LogP) is 8.17. The minimum absolute atomic E-state index is 0.264. The molecule has 0 heterocycles. The van der Waals surface area contributed by atoms with E-state index in [0.29, 0.717) is 30.8 Å². The van der Waals surface area contributed by atoms with Gasteiger partial charge in [-0.25, -0.2) is 8.42 Å². The lowest BCUT2D eigenvalue weighted by Crippen LogP contribution is -2.40. The number of rotatable bonds is 12. The lowest BCUT2D eigenvalue weighted by Gasteiger charge is -2.36. The number of sulfonamides is 1. The van der Waals surface area contributed by atoms with Crippen molar-refractivity contribution in [2.45, 2.75) is 56.3 Å². The van der Waals surface area contributed by atoms with Crippen LogP contribution < -0.4 is 9.04 Å². The number of nitrogens with zero attached hydrogens (tertiary/aromatic N) is 1. The van der Waals surface area contributed by atoms with Crippen LogP contribution >= 0.6 is 0 Å². The molecule has 4 rings (SSSR count). The summed E-state index contributed by atoms with van der Waals surface area (Å²) in [5.74, 6) is 7.55. The number of aryl methyl sites for hydroxylation is 1. The van der Waals surface area contributed by atoms with Crippen LogP contribution in [0.3, 0.4) is 0 Å². The van der Waals surface area contributed by atoms with Crippen molar-refractivity contribution in [1.29, 1.82) is 0 Å². The zero-order valence-electron chi connectivity index (χ0n) is 25.7. The van der Waals surface area contributed by atoms with Crippen LogP contribution in [0.25, 0.3) is 0 Å². The van der Waals surface area contributed by atoms with Crippen LogP contribution in [-0.2, 0) is 20.1 Å². The highest BCUT2D eigenvalue weighted by Crippen LogP contribution is 2.36. The Kier molecular flexibility index (Phi) is 10.5. The molecule has 4 aromatic carbocycles. The number of hydrogen-bond donors (Lipinski definition) is 0. The lowest BCUT2D eigenvalue weighted by atomic mass is 9.87. The lowest BCUT2D eigenvalue weighted by molar-refractivity contribution is 0.166. The van der Waals surface area contributed by atoms with E-state index in [1.54, 1.807) is 31.4 Å². The molecule has 0 saturated heterocycles. The summed E-state index contributed by atoms with van der Waals surface area (Å²) in [5.41, 5.74) is 2.70. The molecule has 7 heteroatoms. The predicted molar refractivity (Wildman–Crippen MR) is 178 cm³/mol. The van der Waals surface area contributed by atoms with E-state index < -0.39 is 23.9 Å². The van der Waals surface area contributed by atoms with Crippen molar-refractivity contribution in [2.75, 3.05) is 18.0 Å². The van der Waals surface area contributed by atoms with Crippen molar-refractivity contribution in [1.82, 2.24) is 0 Å². The number of methoxy groups -OCH3 is 1. The van der Waals surface area contributed by atoms with Gasteiger partial charge in [-0.2, -0.15) is 0 Å². The van der Waals surface area contributed by atoms with Gasteiger partial charge in [-0.3, -0.25) is 4.31 Å². The Morgan fingerprint density at radius 2 is 1.40 bits per heavy atom. The van der Waals surface area contributed by atoms with Crippen molar-refractivity contribution in [2.24, 2.45) is 0 Å². The third kappa shape index (κ3) is 8.17. The fourth-order valence-corrected chi connectivity index (χ4v) is 7.61. The van der Waals surface area contributed by atoms with Crippen molar-refractivity contribution in [3.63, 3.8) is 0 Å². The Labute approximate surface area is 258 Å². The Morgan fingerprint density at radius 3 is 1.95 bits per heavy atom. The summed E-state index contributed by atoms with van der Waals surface area (Å²) in [5, 5.41) is 0. The SMILES string of the molecule is COc1cccc(N(CCCCC#CC(O[Si](C)(C)C)(c2ccccc2)c2ccccc2)S(=O)(=O)c2ccc(C)cc2)c1. The molecule has 4 aromatic rings. The standard InChI is InChI=1S/C36H41NO4SSi/c1-30-23-25-35(26-24-30)42(38,39)37(33-21-16-22-34(29-33)40-2)28-15-7-6-14-27-36(41-43(3,4)5,31-17-10-8-11-18-31)32-19-12-9-13-20-32/h8-13,16-26,29H,6-7,15,28H2,1-5H3. The molecule has 0 atom stereocenters. The zero-order valence-corrected chi connectivity index (χ0v) is 27.5. The summed E-state index contributed by atoms with van der Waals surface area (Å²) in [4.78, 5) is 0.264. The molecule has 43 heavy (non-hydrogen) atoms. The van der Waals surface area contributed by atoms with Gasteiger partial charge in [0.15, 0.2) is 13.9 Å². The molecule has 224 valence electrons. The molecule has 0 N–H and O–H groups in total. The largest absolute Gasteiger partial charge is 0.497 e. The van der Waals surface area contributed by atoms with Gasteiger partial charge in [0, 0.05) is 19.0 Å². The van der Waals surface area contributed by atoms with Crippen LogP contribution in [0.5, 0.6) is 5.75 Å². The first-order chi connectivity index (χ1) is 20.5. The van der Waals surface area contributed by atoms with Crippen molar-refractivity contribution in [3.8, 4) is 17.6 Å². The monoisotopic (exact) mass is 611 g/mol. The van der Waals surface area contributed by atoms with Crippen LogP contribution in [0.2, 0.25) is 19.6 Å². The second kappa shape index (κ2) is 14.1. The van der Waals surface area contributed by atoms with Crippen molar-refractivity contribution in [3.05, 3.63) is 126 Å². The number of benzene rings is 4. The van der Waals surface area contributed by atoms with Gasteiger partial charge >= 0.3 is 0 Å². The molecular formula is C36H41NO4SSi. The van der Waals surface area contributed by atoms with Gasteiger partial charge in [-0.05, 0) is 74.8 Å². The van der Waals surface area contributed by atoms with Crippen LogP contribution in [0.4, 0.5) is 5.69 Å². The molecule has 0 bridgehead atoms. The Morgan fingerprint density at radius 1 is 0.791 bits per heavy atom. The summed E-state index contributed by atoms with van der Waals surface area (Å²) >= 11 is 0. The molecule has 0 aliphatic rings. The number of unbranched alkanes of at least 4 members (excludes halogenated alkanes) is 2. The van der Waals surface area contributed by atoms with Gasteiger partial charge in [0.2, 0.25) is 0 Å². The van der Waals surface area contributed by atoms with Crippen LogP contribution in [0.1, 0.15) is 36.0 Å². The summed E-state index contributed by atoms with van der Waals surface area (Å²) in [6.07, 6.45) is 1.96. The minimum atomic E-state index is -3.78. The smallest absolute Gasteiger partial charge is 0.264 e. The third-order valence-electron chi connectivity index (χ3n) is 6.95. The first kappa shape index (κ1) is 32.1. The molecule has 0 aliphatic carbocycles. The van der Waals surface area contributed by atoms with Gasteiger partial charge in [0.25, 0.3) is 10.0 Å². The second-order valence-corrected chi connectivity index (χ2v) is 17.8. The normalized spacial score (nSPS) is 11.8. The molecular weight excluding hydrogens is 571 g/mol. The van der Waals surface area contributed by atoms with Gasteiger partial charge in [-0.1, -0.05) is 96.3 Å². The molecule has 5 nitrogen and oxygen atoms in total. The maximum absolute atomic E-state index is 13.8. The average Bonchev–Trinajstić information content (AvgIpc) is 3.00. The Bertz CT molecular complexity index is 1600. The fourth-order valence-electron chi connectivity index (χ4n) is 4.91. The highest BCUT2D eigenvalue weighted by molar-refractivity contribution is 7.92. The van der Waals surface area contributed by atoms with Gasteiger partial charge in [0.05, 0.1) is 17.7 Å². The van der Waals surface area contributed by atoms with Gasteiger partial charge in [0.1, 0.15) is 5.75 Å². The summed E-state index contributed by atoms with van der Waals surface area (Å²) in [6, 6.07) is 34.5. The van der Waals surface area contributed by atoms with Crippen LogP contribution in [0, 0.1) is 18.8 Å². The summed E-state index contributed by atoms with van der Waals surface area (Å²) in [6.45, 7) is 8.79. The first-order valence-electron chi connectivity index (χ1n) is 14.6. The molecule has 0 aromatic heterocycles. The number of hydrogen-bond acceptors (Lipinski definition) is 4. The molecule has 0 unspecified atom stereocenters.